The molecule has 0 aromatic rings. The molecule has 0 bridgehead atoms. The van der Waals surface area contributed by atoms with Crippen LogP contribution in [0, 0.1) is 5.41 Å². The van der Waals surface area contributed by atoms with Gasteiger partial charge in [-0.3, -0.25) is 4.79 Å². The van der Waals surface area contributed by atoms with Crippen LogP contribution in [0.2, 0.25) is 0 Å². The Morgan fingerprint density at radius 3 is 1.83 bits per heavy atom. The van der Waals surface area contributed by atoms with Crippen LogP contribution in [0.15, 0.2) is 12.7 Å². The molecule has 12 heavy (non-hydrogen) atoms. The molecule has 2 nitrogen and oxygen atoms in total. The van der Waals surface area contributed by atoms with E-state index < -0.39 is 5.97 Å². The Labute approximate surface area is 75.3 Å². The summed E-state index contributed by atoms with van der Waals surface area (Å²) in [6.45, 7) is 12.1. The molecule has 72 valence electrons. The van der Waals surface area contributed by atoms with Crippen molar-refractivity contribution in [3.05, 3.63) is 12.7 Å². The first-order valence-corrected chi connectivity index (χ1v) is 4.10. The second-order valence-corrected chi connectivity index (χ2v) is 4.22. The van der Waals surface area contributed by atoms with E-state index >= 15 is 0 Å². The molecule has 0 saturated carbocycles. The SMILES string of the molecule is C=CCCC(=O)O.CC(C)(C)C. The Balaban J connectivity index is 0. The molecule has 0 fully saturated rings. The van der Waals surface area contributed by atoms with Crippen molar-refractivity contribution in [2.45, 2.75) is 40.5 Å². The minimum absolute atomic E-state index is 0.198. The number of aliphatic carboxylic acids is 1. The van der Waals surface area contributed by atoms with Crippen molar-refractivity contribution in [1.29, 1.82) is 0 Å². The lowest BCUT2D eigenvalue weighted by Crippen LogP contribution is -1.93. The minimum Gasteiger partial charge on any atom is -0.481 e. The van der Waals surface area contributed by atoms with E-state index in [9.17, 15) is 4.79 Å². The van der Waals surface area contributed by atoms with Crippen LogP contribution in [-0.4, -0.2) is 11.1 Å². The van der Waals surface area contributed by atoms with E-state index in [1.807, 2.05) is 0 Å². The summed E-state index contributed by atoms with van der Waals surface area (Å²) in [5.41, 5.74) is 0.500. The molecule has 1 N–H and O–H groups in total. The summed E-state index contributed by atoms with van der Waals surface area (Å²) in [5.74, 6) is -0.764. The third-order valence-corrected chi connectivity index (χ3v) is 0.562. The molecular weight excluding hydrogens is 152 g/mol. The average molecular weight is 172 g/mol. The van der Waals surface area contributed by atoms with E-state index in [1.165, 1.54) is 0 Å². The van der Waals surface area contributed by atoms with Crippen molar-refractivity contribution in [2.75, 3.05) is 0 Å². The Bertz CT molecular complexity index is 125. The van der Waals surface area contributed by atoms with Crippen LogP contribution in [0.25, 0.3) is 0 Å². The fraction of sp³-hybridized carbons (Fsp3) is 0.700. The summed E-state index contributed by atoms with van der Waals surface area (Å²) in [6.07, 6.45) is 2.35. The maximum atomic E-state index is 9.71. The van der Waals surface area contributed by atoms with Gasteiger partial charge in [0.25, 0.3) is 0 Å². The van der Waals surface area contributed by atoms with Crippen LogP contribution in [0.5, 0.6) is 0 Å². The molecule has 2 heteroatoms. The smallest absolute Gasteiger partial charge is 0.303 e. The lowest BCUT2D eigenvalue weighted by molar-refractivity contribution is -0.136. The first-order chi connectivity index (χ1) is 5.27. The van der Waals surface area contributed by atoms with Crippen LogP contribution in [0.4, 0.5) is 0 Å². The van der Waals surface area contributed by atoms with Gasteiger partial charge in [0, 0.05) is 6.42 Å². The summed E-state index contributed by atoms with van der Waals surface area (Å²) < 4.78 is 0. The maximum absolute atomic E-state index is 9.71. The van der Waals surface area contributed by atoms with Gasteiger partial charge in [0.1, 0.15) is 0 Å². The van der Waals surface area contributed by atoms with Crippen LogP contribution in [-0.2, 0) is 4.79 Å². The third-order valence-electron chi connectivity index (χ3n) is 0.562. The predicted octanol–water partition coefficient (Wildman–Crippen LogP) is 3.09. The molecule has 0 aliphatic heterocycles. The van der Waals surface area contributed by atoms with E-state index in [-0.39, 0.29) is 6.42 Å². The highest BCUT2D eigenvalue weighted by atomic mass is 16.4. The quantitative estimate of drug-likeness (QED) is 0.664. The number of allylic oxidation sites excluding steroid dienone is 1. The Hall–Kier alpha value is -0.790. The Morgan fingerprint density at radius 1 is 1.42 bits per heavy atom. The minimum atomic E-state index is -0.764. The second kappa shape index (κ2) is 6.89. The number of rotatable bonds is 3. The predicted molar refractivity (Wildman–Crippen MR) is 52.2 cm³/mol. The number of hydrogen-bond donors (Lipinski definition) is 1. The van der Waals surface area contributed by atoms with Crippen LogP contribution in [0.1, 0.15) is 40.5 Å². The monoisotopic (exact) mass is 172 g/mol. The number of carboxylic acids is 1. The molecule has 0 aliphatic rings. The van der Waals surface area contributed by atoms with E-state index in [4.69, 9.17) is 5.11 Å². The molecule has 0 saturated heterocycles. The lowest BCUT2D eigenvalue weighted by Gasteiger charge is -2.05. The van der Waals surface area contributed by atoms with Gasteiger partial charge >= 0.3 is 5.97 Å². The summed E-state index contributed by atoms with van der Waals surface area (Å²) in [6, 6.07) is 0. The van der Waals surface area contributed by atoms with E-state index in [1.54, 1.807) is 6.08 Å². The molecule has 0 aromatic carbocycles. The topological polar surface area (TPSA) is 37.3 Å². The fourth-order valence-electron chi connectivity index (χ4n) is 0.226. The second-order valence-electron chi connectivity index (χ2n) is 4.22. The van der Waals surface area contributed by atoms with Gasteiger partial charge in [-0.1, -0.05) is 33.8 Å². The van der Waals surface area contributed by atoms with Crippen molar-refractivity contribution >= 4 is 5.97 Å². The molecular formula is C10H20O2. The zero-order chi connectivity index (χ0) is 10.2. The van der Waals surface area contributed by atoms with Crippen molar-refractivity contribution in [3.8, 4) is 0 Å². The summed E-state index contributed by atoms with van der Waals surface area (Å²) in [5, 5.41) is 8.00. The highest BCUT2D eigenvalue weighted by Crippen LogP contribution is 2.08. The van der Waals surface area contributed by atoms with Crippen molar-refractivity contribution < 1.29 is 9.90 Å². The fourth-order valence-corrected chi connectivity index (χ4v) is 0.226. The normalized spacial score (nSPS) is 9.67. The van der Waals surface area contributed by atoms with Gasteiger partial charge in [0.05, 0.1) is 0 Å². The molecule has 0 atom stereocenters. The van der Waals surface area contributed by atoms with Crippen molar-refractivity contribution in [1.82, 2.24) is 0 Å². The van der Waals surface area contributed by atoms with E-state index in [0.29, 0.717) is 11.8 Å². The summed E-state index contributed by atoms with van der Waals surface area (Å²) >= 11 is 0. The largest absolute Gasteiger partial charge is 0.481 e. The van der Waals surface area contributed by atoms with E-state index in [2.05, 4.69) is 34.3 Å². The van der Waals surface area contributed by atoms with Crippen LogP contribution in [0.3, 0.4) is 0 Å². The summed E-state index contributed by atoms with van der Waals surface area (Å²) in [4.78, 5) is 9.71. The molecule has 0 aromatic heterocycles. The molecule has 0 heterocycles. The zero-order valence-corrected chi connectivity index (χ0v) is 8.55. The standard InChI is InChI=1S/C5H8O2.C5H12/c1-2-3-4-5(6)7;1-5(2,3)4/h2H,1,3-4H2,(H,6,7);1-4H3. The lowest BCUT2D eigenvalue weighted by atomic mass is 10.0. The van der Waals surface area contributed by atoms with Crippen LogP contribution >= 0.6 is 0 Å². The van der Waals surface area contributed by atoms with Gasteiger partial charge in [-0.05, 0) is 11.8 Å². The van der Waals surface area contributed by atoms with Gasteiger partial charge in [0.2, 0.25) is 0 Å². The Morgan fingerprint density at radius 2 is 1.75 bits per heavy atom. The Kier molecular flexibility index (Phi) is 7.91. The van der Waals surface area contributed by atoms with Crippen molar-refractivity contribution in [3.63, 3.8) is 0 Å². The van der Waals surface area contributed by atoms with Gasteiger partial charge < -0.3 is 5.11 Å². The van der Waals surface area contributed by atoms with Crippen LogP contribution < -0.4 is 0 Å². The first-order valence-electron chi connectivity index (χ1n) is 4.10. The highest BCUT2D eigenvalue weighted by Gasteiger charge is 1.95. The first kappa shape index (κ1) is 13.8. The molecule has 0 radical (unpaired) electrons. The molecule has 0 rings (SSSR count). The molecule has 0 amide bonds. The van der Waals surface area contributed by atoms with Gasteiger partial charge in [0.15, 0.2) is 0 Å². The molecule has 0 unspecified atom stereocenters. The van der Waals surface area contributed by atoms with Crippen molar-refractivity contribution in [2.24, 2.45) is 5.41 Å². The number of hydrogen-bond acceptors (Lipinski definition) is 1. The number of carboxylic acid groups (broad SMARTS) is 1. The summed E-state index contributed by atoms with van der Waals surface area (Å²) in [7, 11) is 0. The van der Waals surface area contributed by atoms with Gasteiger partial charge in [-0.25, -0.2) is 0 Å². The number of carbonyl (C=O) groups is 1. The highest BCUT2D eigenvalue weighted by molar-refractivity contribution is 5.66. The molecule has 0 aliphatic carbocycles. The zero-order valence-electron chi connectivity index (χ0n) is 8.55. The van der Waals surface area contributed by atoms with E-state index in [0.717, 1.165) is 0 Å². The van der Waals surface area contributed by atoms with Gasteiger partial charge in [-0.2, -0.15) is 0 Å². The molecule has 0 spiro atoms. The van der Waals surface area contributed by atoms with Gasteiger partial charge in [-0.15, -0.1) is 6.58 Å². The maximum Gasteiger partial charge on any atom is 0.303 e. The third kappa shape index (κ3) is 60.2. The average Bonchev–Trinajstić information content (AvgIpc) is 1.79.